The lowest BCUT2D eigenvalue weighted by molar-refractivity contribution is -0.118. The minimum absolute atomic E-state index is 0.0360. The summed E-state index contributed by atoms with van der Waals surface area (Å²) in [5, 5.41) is 6.59. The second-order valence-electron chi connectivity index (χ2n) is 6.96. The Morgan fingerprint density at radius 2 is 1.58 bits per heavy atom. The van der Waals surface area contributed by atoms with E-state index in [4.69, 9.17) is 0 Å². The lowest BCUT2D eigenvalue weighted by Gasteiger charge is -2.13. The Balaban J connectivity index is 2.02. The van der Waals surface area contributed by atoms with Crippen molar-refractivity contribution in [3.05, 3.63) is 40.3 Å². The Bertz CT molecular complexity index is 727. The predicted octanol–water partition coefficient (Wildman–Crippen LogP) is 4.29. The predicted molar refractivity (Wildman–Crippen MR) is 98.7 cm³/mol. The zero-order valence-electron chi connectivity index (χ0n) is 14.6. The number of carbonyl (C=O) groups is 2. The summed E-state index contributed by atoms with van der Waals surface area (Å²) >= 11 is 1.40. The zero-order valence-corrected chi connectivity index (χ0v) is 15.5. The van der Waals surface area contributed by atoms with Crippen molar-refractivity contribution in [3.63, 3.8) is 0 Å². The average molecular weight is 345 g/mol. The molecule has 1 aromatic heterocycles. The van der Waals surface area contributed by atoms with Gasteiger partial charge in [-0.05, 0) is 24.3 Å². The summed E-state index contributed by atoms with van der Waals surface area (Å²) in [5.74, 6) is -0.291. The maximum absolute atomic E-state index is 12.3. The number of hydrogen-bond acceptors (Lipinski definition) is 4. The second kappa shape index (κ2) is 7.13. The molecule has 5 nitrogen and oxygen atoms in total. The SMILES string of the molecule is CC(C)C(=O)Nc1ccc(NC(=O)c2cnc(C(C)(C)C)s2)cc1. The van der Waals surface area contributed by atoms with Gasteiger partial charge >= 0.3 is 0 Å². The number of aromatic nitrogens is 1. The number of anilines is 2. The Labute approximate surface area is 146 Å². The summed E-state index contributed by atoms with van der Waals surface area (Å²) in [4.78, 5) is 28.9. The molecule has 1 aromatic carbocycles. The van der Waals surface area contributed by atoms with Crippen molar-refractivity contribution in [1.29, 1.82) is 0 Å². The molecule has 0 aliphatic heterocycles. The monoisotopic (exact) mass is 345 g/mol. The van der Waals surface area contributed by atoms with E-state index in [1.165, 1.54) is 11.3 Å². The number of rotatable bonds is 4. The highest BCUT2D eigenvalue weighted by Crippen LogP contribution is 2.27. The molecule has 0 unspecified atom stereocenters. The highest BCUT2D eigenvalue weighted by atomic mass is 32.1. The normalized spacial score (nSPS) is 11.4. The van der Waals surface area contributed by atoms with Crippen molar-refractivity contribution in [2.45, 2.75) is 40.0 Å². The van der Waals surface area contributed by atoms with Crippen molar-refractivity contribution in [1.82, 2.24) is 4.98 Å². The van der Waals surface area contributed by atoms with Gasteiger partial charge in [-0.15, -0.1) is 11.3 Å². The molecule has 128 valence electrons. The van der Waals surface area contributed by atoms with Gasteiger partial charge in [-0.3, -0.25) is 9.59 Å². The summed E-state index contributed by atoms with van der Waals surface area (Å²) in [5.41, 5.74) is 1.31. The molecule has 0 aliphatic carbocycles. The Morgan fingerprint density at radius 3 is 2.04 bits per heavy atom. The molecular formula is C18H23N3O2S. The Morgan fingerprint density at radius 1 is 1.04 bits per heavy atom. The van der Waals surface area contributed by atoms with Crippen LogP contribution in [0.3, 0.4) is 0 Å². The van der Waals surface area contributed by atoms with Crippen LogP contribution in [0, 0.1) is 5.92 Å². The molecule has 0 radical (unpaired) electrons. The van der Waals surface area contributed by atoms with Crippen LogP contribution in [0.1, 0.15) is 49.3 Å². The third kappa shape index (κ3) is 4.64. The molecule has 0 saturated carbocycles. The third-order valence-corrected chi connectivity index (χ3v) is 4.73. The molecule has 2 N–H and O–H groups in total. The molecular weight excluding hydrogens is 322 g/mol. The summed E-state index contributed by atoms with van der Waals surface area (Å²) < 4.78 is 0. The van der Waals surface area contributed by atoms with Gasteiger partial charge in [-0.25, -0.2) is 4.98 Å². The second-order valence-corrected chi connectivity index (χ2v) is 7.99. The first-order valence-electron chi connectivity index (χ1n) is 7.85. The van der Waals surface area contributed by atoms with Gasteiger partial charge in [0, 0.05) is 22.7 Å². The molecule has 2 amide bonds. The van der Waals surface area contributed by atoms with Gasteiger partial charge < -0.3 is 10.6 Å². The van der Waals surface area contributed by atoms with Crippen LogP contribution < -0.4 is 10.6 Å². The fourth-order valence-electron chi connectivity index (χ4n) is 1.84. The van der Waals surface area contributed by atoms with E-state index >= 15 is 0 Å². The Kier molecular flexibility index (Phi) is 5.39. The van der Waals surface area contributed by atoms with Crippen molar-refractivity contribution < 1.29 is 9.59 Å². The molecule has 0 bridgehead atoms. The van der Waals surface area contributed by atoms with E-state index in [0.717, 1.165) is 5.01 Å². The highest BCUT2D eigenvalue weighted by Gasteiger charge is 2.20. The topological polar surface area (TPSA) is 71.1 Å². The smallest absolute Gasteiger partial charge is 0.267 e. The van der Waals surface area contributed by atoms with Crippen LogP contribution in [0.4, 0.5) is 11.4 Å². The van der Waals surface area contributed by atoms with E-state index in [1.54, 1.807) is 30.5 Å². The number of nitrogens with one attached hydrogen (secondary N) is 2. The van der Waals surface area contributed by atoms with Crippen molar-refractivity contribution in [3.8, 4) is 0 Å². The Hall–Kier alpha value is -2.21. The highest BCUT2D eigenvalue weighted by molar-refractivity contribution is 7.13. The minimum atomic E-state index is -0.179. The average Bonchev–Trinajstić information content (AvgIpc) is 2.99. The lowest BCUT2D eigenvalue weighted by Crippen LogP contribution is -2.17. The van der Waals surface area contributed by atoms with Crippen LogP contribution in [-0.2, 0) is 10.2 Å². The number of benzene rings is 1. The lowest BCUT2D eigenvalue weighted by atomic mass is 9.98. The first-order valence-corrected chi connectivity index (χ1v) is 8.67. The van der Waals surface area contributed by atoms with Crippen LogP contribution in [0.2, 0.25) is 0 Å². The number of hydrogen-bond donors (Lipinski definition) is 2. The van der Waals surface area contributed by atoms with Gasteiger partial charge in [-0.2, -0.15) is 0 Å². The largest absolute Gasteiger partial charge is 0.326 e. The molecule has 0 spiro atoms. The van der Waals surface area contributed by atoms with E-state index in [-0.39, 0.29) is 23.1 Å². The summed E-state index contributed by atoms with van der Waals surface area (Å²) in [6.45, 7) is 9.88. The van der Waals surface area contributed by atoms with Crippen LogP contribution in [-0.4, -0.2) is 16.8 Å². The quantitative estimate of drug-likeness (QED) is 0.868. The van der Waals surface area contributed by atoms with Crippen molar-refractivity contribution in [2.24, 2.45) is 5.92 Å². The fourth-order valence-corrected chi connectivity index (χ4v) is 2.71. The van der Waals surface area contributed by atoms with Crippen molar-refractivity contribution in [2.75, 3.05) is 10.6 Å². The molecule has 6 heteroatoms. The van der Waals surface area contributed by atoms with E-state index in [0.29, 0.717) is 16.3 Å². The summed E-state index contributed by atoms with van der Waals surface area (Å²) in [6, 6.07) is 7.06. The molecule has 24 heavy (non-hydrogen) atoms. The summed E-state index contributed by atoms with van der Waals surface area (Å²) in [6.07, 6.45) is 1.61. The van der Waals surface area contributed by atoms with Gasteiger partial charge in [0.15, 0.2) is 0 Å². The fraction of sp³-hybridized carbons (Fsp3) is 0.389. The standard InChI is InChI=1S/C18H23N3O2S/c1-11(2)15(22)20-12-6-8-13(9-7-12)21-16(23)14-10-19-17(24-14)18(3,4)5/h6-11H,1-5H3,(H,20,22)(H,21,23). The van der Waals surface area contributed by atoms with E-state index < -0.39 is 0 Å². The first kappa shape index (κ1) is 18.1. The molecule has 0 atom stereocenters. The number of thiazole rings is 1. The third-order valence-electron chi connectivity index (χ3n) is 3.31. The molecule has 2 rings (SSSR count). The van der Waals surface area contributed by atoms with Crippen LogP contribution in [0.25, 0.3) is 0 Å². The van der Waals surface area contributed by atoms with Crippen LogP contribution in [0.15, 0.2) is 30.5 Å². The molecule has 0 fully saturated rings. The van der Waals surface area contributed by atoms with E-state index in [9.17, 15) is 9.59 Å². The van der Waals surface area contributed by atoms with Gasteiger partial charge in [0.1, 0.15) is 4.88 Å². The number of carbonyl (C=O) groups excluding carboxylic acids is 2. The molecule has 1 heterocycles. The number of nitrogens with zero attached hydrogens (tertiary/aromatic N) is 1. The van der Waals surface area contributed by atoms with E-state index in [1.807, 2.05) is 13.8 Å². The van der Waals surface area contributed by atoms with Crippen molar-refractivity contribution >= 4 is 34.5 Å². The van der Waals surface area contributed by atoms with Gasteiger partial charge in [0.25, 0.3) is 5.91 Å². The first-order chi connectivity index (χ1) is 11.2. The minimum Gasteiger partial charge on any atom is -0.326 e. The maximum atomic E-state index is 12.3. The van der Waals surface area contributed by atoms with E-state index in [2.05, 4.69) is 36.4 Å². The molecule has 0 aliphatic rings. The maximum Gasteiger partial charge on any atom is 0.267 e. The van der Waals surface area contributed by atoms with Gasteiger partial charge in [0.2, 0.25) is 5.91 Å². The molecule has 0 saturated heterocycles. The van der Waals surface area contributed by atoms with Crippen LogP contribution >= 0.6 is 11.3 Å². The van der Waals surface area contributed by atoms with Gasteiger partial charge in [0.05, 0.1) is 11.2 Å². The molecule has 2 aromatic rings. The zero-order chi connectivity index (χ0) is 17.9. The van der Waals surface area contributed by atoms with Crippen LogP contribution in [0.5, 0.6) is 0 Å². The number of amides is 2. The van der Waals surface area contributed by atoms with Gasteiger partial charge in [-0.1, -0.05) is 34.6 Å². The summed E-state index contributed by atoms with van der Waals surface area (Å²) in [7, 11) is 0.